The van der Waals surface area contributed by atoms with Crippen LogP contribution in [0.1, 0.15) is 34.5 Å². The lowest BCUT2D eigenvalue weighted by Gasteiger charge is -2.26. The number of hydrogen-bond donors (Lipinski definition) is 1. The Bertz CT molecular complexity index is 1190. The van der Waals surface area contributed by atoms with Crippen molar-refractivity contribution in [3.63, 3.8) is 0 Å². The lowest BCUT2D eigenvalue weighted by atomic mass is 10.1. The number of thiophene rings is 1. The average molecular weight is 493 g/mol. The number of nitrogens with one attached hydrogen (secondary N) is 1. The van der Waals surface area contributed by atoms with Gasteiger partial charge in [-0.2, -0.15) is 0 Å². The zero-order valence-electron chi connectivity index (χ0n) is 19.5. The first-order valence-electron chi connectivity index (χ1n) is 11.9. The van der Waals surface area contributed by atoms with E-state index < -0.39 is 0 Å². The molecule has 8 heteroatoms. The molecule has 2 aliphatic rings. The van der Waals surface area contributed by atoms with Crippen LogP contribution in [-0.4, -0.2) is 49.6 Å². The van der Waals surface area contributed by atoms with Crippen LogP contribution >= 0.6 is 11.3 Å². The Labute approximate surface area is 208 Å². The summed E-state index contributed by atoms with van der Waals surface area (Å²) >= 11 is 1.35. The largest absolute Gasteiger partial charge is 0.486 e. The van der Waals surface area contributed by atoms with Crippen LogP contribution in [0.25, 0.3) is 10.4 Å². The zero-order chi connectivity index (χ0) is 24.0. The SMILES string of the molecule is O=C(NCc1cccc2c1OCCO2)c1sc(-c2ccccc2)cc1OCC(=O)N1CCCCC1. The van der Waals surface area contributed by atoms with Crippen molar-refractivity contribution in [2.45, 2.75) is 25.8 Å². The first-order chi connectivity index (χ1) is 17.2. The molecule has 1 fully saturated rings. The van der Waals surface area contributed by atoms with E-state index in [0.29, 0.717) is 35.3 Å². The molecule has 2 aliphatic heterocycles. The summed E-state index contributed by atoms with van der Waals surface area (Å²) in [6.07, 6.45) is 3.20. The molecule has 35 heavy (non-hydrogen) atoms. The van der Waals surface area contributed by atoms with Gasteiger partial charge in [0.1, 0.15) is 23.8 Å². The standard InChI is InChI=1S/C27H28N2O5S/c30-24(29-12-5-2-6-13-29)18-34-22-16-23(19-8-3-1-4-9-19)35-26(22)27(31)28-17-20-10-7-11-21-25(20)33-15-14-32-21/h1,3-4,7-11,16H,2,5-6,12-15,17-18H2,(H,28,31). The highest BCUT2D eigenvalue weighted by Crippen LogP contribution is 2.37. The molecule has 2 amide bonds. The third-order valence-corrected chi connectivity index (χ3v) is 7.27. The maximum absolute atomic E-state index is 13.2. The van der Waals surface area contributed by atoms with Crippen LogP contribution in [0, 0.1) is 0 Å². The first-order valence-corrected chi connectivity index (χ1v) is 12.8. The van der Waals surface area contributed by atoms with Gasteiger partial charge in [-0.3, -0.25) is 9.59 Å². The summed E-state index contributed by atoms with van der Waals surface area (Å²) in [5, 5.41) is 2.98. The molecular weight excluding hydrogens is 464 g/mol. The molecule has 0 bridgehead atoms. The monoisotopic (exact) mass is 492 g/mol. The Morgan fingerprint density at radius 2 is 1.77 bits per heavy atom. The second kappa shape index (κ2) is 10.8. The van der Waals surface area contributed by atoms with Gasteiger partial charge in [-0.05, 0) is 37.0 Å². The summed E-state index contributed by atoms with van der Waals surface area (Å²) in [7, 11) is 0. The van der Waals surface area contributed by atoms with Crippen molar-refractivity contribution in [1.29, 1.82) is 0 Å². The Morgan fingerprint density at radius 1 is 0.971 bits per heavy atom. The minimum atomic E-state index is -0.257. The van der Waals surface area contributed by atoms with Crippen molar-refractivity contribution in [1.82, 2.24) is 10.2 Å². The molecule has 0 spiro atoms. The molecule has 182 valence electrons. The number of carbonyl (C=O) groups is 2. The molecule has 0 atom stereocenters. The minimum Gasteiger partial charge on any atom is -0.486 e. The van der Waals surface area contributed by atoms with Crippen molar-refractivity contribution in [2.75, 3.05) is 32.9 Å². The third kappa shape index (κ3) is 5.43. The van der Waals surface area contributed by atoms with Crippen molar-refractivity contribution in [3.05, 3.63) is 65.0 Å². The predicted molar refractivity (Wildman–Crippen MR) is 134 cm³/mol. The van der Waals surface area contributed by atoms with Crippen molar-refractivity contribution in [2.24, 2.45) is 0 Å². The van der Waals surface area contributed by atoms with E-state index in [0.717, 1.165) is 48.4 Å². The smallest absolute Gasteiger partial charge is 0.265 e. The van der Waals surface area contributed by atoms with Crippen LogP contribution < -0.4 is 19.5 Å². The van der Waals surface area contributed by atoms with Gasteiger partial charge >= 0.3 is 0 Å². The molecule has 0 saturated carbocycles. The van der Waals surface area contributed by atoms with Crippen molar-refractivity contribution < 1.29 is 23.8 Å². The van der Waals surface area contributed by atoms with Gasteiger partial charge in [0.25, 0.3) is 11.8 Å². The van der Waals surface area contributed by atoms with Gasteiger partial charge in [0, 0.05) is 30.1 Å². The van der Waals surface area contributed by atoms with Crippen LogP contribution in [0.15, 0.2) is 54.6 Å². The summed E-state index contributed by atoms with van der Waals surface area (Å²) in [5.41, 5.74) is 1.84. The van der Waals surface area contributed by atoms with Crippen LogP contribution in [0.4, 0.5) is 0 Å². The molecule has 0 aliphatic carbocycles. The maximum atomic E-state index is 13.2. The number of piperidine rings is 1. The Kier molecular flexibility index (Phi) is 7.18. The second-order valence-corrected chi connectivity index (χ2v) is 9.58. The normalized spacial score (nSPS) is 14.9. The van der Waals surface area contributed by atoms with E-state index in [1.165, 1.54) is 11.3 Å². The fourth-order valence-electron chi connectivity index (χ4n) is 4.29. The van der Waals surface area contributed by atoms with E-state index in [1.54, 1.807) is 0 Å². The van der Waals surface area contributed by atoms with E-state index in [9.17, 15) is 9.59 Å². The topological polar surface area (TPSA) is 77.1 Å². The van der Waals surface area contributed by atoms with Gasteiger partial charge in [-0.1, -0.05) is 42.5 Å². The second-order valence-electron chi connectivity index (χ2n) is 8.52. The van der Waals surface area contributed by atoms with Gasteiger partial charge < -0.3 is 24.4 Å². The summed E-state index contributed by atoms with van der Waals surface area (Å²) in [4.78, 5) is 29.1. The molecule has 1 N–H and O–H groups in total. The Hall–Kier alpha value is -3.52. The number of hydrogen-bond acceptors (Lipinski definition) is 6. The molecule has 1 aromatic heterocycles. The number of benzene rings is 2. The van der Waals surface area contributed by atoms with E-state index in [4.69, 9.17) is 14.2 Å². The van der Waals surface area contributed by atoms with Gasteiger partial charge in [-0.25, -0.2) is 0 Å². The molecule has 3 heterocycles. The highest BCUT2D eigenvalue weighted by atomic mass is 32.1. The first kappa shape index (κ1) is 23.2. The number of nitrogens with zero attached hydrogens (tertiary/aromatic N) is 1. The molecule has 2 aromatic carbocycles. The highest BCUT2D eigenvalue weighted by molar-refractivity contribution is 7.17. The molecule has 0 unspecified atom stereocenters. The van der Waals surface area contributed by atoms with Crippen LogP contribution in [0.3, 0.4) is 0 Å². The number of likely N-dealkylation sites (tertiary alicyclic amines) is 1. The number of para-hydroxylation sites is 1. The number of fused-ring (bicyclic) bond motifs is 1. The molecule has 1 saturated heterocycles. The number of ether oxygens (including phenoxy) is 3. The van der Waals surface area contributed by atoms with E-state index >= 15 is 0 Å². The van der Waals surface area contributed by atoms with Gasteiger partial charge in [-0.15, -0.1) is 11.3 Å². The van der Waals surface area contributed by atoms with Crippen molar-refractivity contribution >= 4 is 23.2 Å². The van der Waals surface area contributed by atoms with E-state index in [1.807, 2.05) is 59.5 Å². The van der Waals surface area contributed by atoms with Gasteiger partial charge in [0.2, 0.25) is 0 Å². The van der Waals surface area contributed by atoms with Crippen molar-refractivity contribution in [3.8, 4) is 27.7 Å². The summed E-state index contributed by atoms with van der Waals surface area (Å²) in [6, 6.07) is 17.3. The number of rotatable bonds is 7. The number of amides is 2. The highest BCUT2D eigenvalue weighted by Gasteiger charge is 2.23. The minimum absolute atomic E-state index is 0.0448. The quantitative estimate of drug-likeness (QED) is 0.525. The Morgan fingerprint density at radius 3 is 2.60 bits per heavy atom. The summed E-state index contributed by atoms with van der Waals surface area (Å²) in [5.74, 6) is 1.47. The van der Waals surface area contributed by atoms with Crippen LogP contribution in [0.5, 0.6) is 17.2 Å². The fourth-order valence-corrected chi connectivity index (χ4v) is 5.31. The van der Waals surface area contributed by atoms with Gasteiger partial charge in [0.05, 0.1) is 0 Å². The Balaban J connectivity index is 1.33. The molecular formula is C27H28N2O5S. The average Bonchev–Trinajstić information content (AvgIpc) is 3.36. The van der Waals surface area contributed by atoms with E-state index in [-0.39, 0.29) is 25.0 Å². The predicted octanol–water partition coefficient (Wildman–Crippen LogP) is 4.51. The molecule has 7 nitrogen and oxygen atoms in total. The summed E-state index contributed by atoms with van der Waals surface area (Å²) < 4.78 is 17.3. The fraction of sp³-hybridized carbons (Fsp3) is 0.333. The zero-order valence-corrected chi connectivity index (χ0v) is 20.3. The molecule has 5 rings (SSSR count). The molecule has 3 aromatic rings. The number of carbonyl (C=O) groups excluding carboxylic acids is 2. The molecule has 0 radical (unpaired) electrons. The summed E-state index contributed by atoms with van der Waals surface area (Å²) in [6.45, 7) is 2.73. The van der Waals surface area contributed by atoms with Crippen LogP contribution in [0.2, 0.25) is 0 Å². The maximum Gasteiger partial charge on any atom is 0.265 e. The van der Waals surface area contributed by atoms with E-state index in [2.05, 4.69) is 5.32 Å². The third-order valence-electron chi connectivity index (χ3n) is 6.11. The van der Waals surface area contributed by atoms with Crippen LogP contribution in [-0.2, 0) is 11.3 Å². The van der Waals surface area contributed by atoms with Gasteiger partial charge in [0.15, 0.2) is 18.1 Å². The lowest BCUT2D eigenvalue weighted by Crippen LogP contribution is -2.38. The lowest BCUT2D eigenvalue weighted by molar-refractivity contribution is -0.134.